The fraction of sp³-hybridized carbons (Fsp3) is 0.136. The van der Waals surface area contributed by atoms with Gasteiger partial charge < -0.3 is 16.0 Å². The van der Waals surface area contributed by atoms with E-state index in [1.54, 1.807) is 42.5 Å². The molecule has 1 atom stereocenters. The highest BCUT2D eigenvalue weighted by Crippen LogP contribution is 2.38. The molecule has 8 nitrogen and oxygen atoms in total. The van der Waals surface area contributed by atoms with Gasteiger partial charge in [-0.1, -0.05) is 97.1 Å². The molecule has 1 aromatic heterocycles. The Bertz CT molecular complexity index is 2400. The van der Waals surface area contributed by atoms with Gasteiger partial charge in [0.1, 0.15) is 16.8 Å². The van der Waals surface area contributed by atoms with Gasteiger partial charge in [-0.15, -0.1) is 23.1 Å². The highest BCUT2D eigenvalue weighted by Gasteiger charge is 2.27. The summed E-state index contributed by atoms with van der Waals surface area (Å²) in [5.74, 6) is -1.11. The van der Waals surface area contributed by atoms with Gasteiger partial charge in [-0.3, -0.25) is 19.3 Å². The lowest BCUT2D eigenvalue weighted by atomic mass is 10.0. The lowest BCUT2D eigenvalue weighted by Gasteiger charge is -2.26. The summed E-state index contributed by atoms with van der Waals surface area (Å²) >= 11 is 2.83. The maximum absolute atomic E-state index is 13.8. The molecule has 1 aliphatic heterocycles. The molecule has 0 spiro atoms. The molecule has 0 bridgehead atoms. The van der Waals surface area contributed by atoms with Gasteiger partial charge in [0, 0.05) is 40.7 Å². The Kier molecular flexibility index (Phi) is 11.3. The van der Waals surface area contributed by atoms with E-state index >= 15 is 0 Å². The Morgan fingerprint density at radius 2 is 1.61 bits per heavy atom. The predicted octanol–water partition coefficient (Wildman–Crippen LogP) is 8.86. The minimum atomic E-state index is -0.497. The molecule has 2 heterocycles. The van der Waals surface area contributed by atoms with E-state index in [1.807, 2.05) is 85.8 Å². The summed E-state index contributed by atoms with van der Waals surface area (Å²) < 4.78 is 0. The van der Waals surface area contributed by atoms with Crippen molar-refractivity contribution in [3.05, 3.63) is 166 Å². The molecule has 0 saturated carbocycles. The molecule has 0 fully saturated rings. The number of benzene rings is 5. The van der Waals surface area contributed by atoms with Crippen LogP contribution in [0.5, 0.6) is 0 Å². The zero-order valence-electron chi connectivity index (χ0n) is 29.5. The highest BCUT2D eigenvalue weighted by molar-refractivity contribution is 8.00. The van der Waals surface area contributed by atoms with E-state index in [1.165, 1.54) is 28.7 Å². The third-order valence-corrected chi connectivity index (χ3v) is 11.4. The summed E-state index contributed by atoms with van der Waals surface area (Å²) in [6.45, 7) is 4.23. The zero-order chi connectivity index (χ0) is 37.4. The molecule has 1 aliphatic rings. The Labute approximate surface area is 322 Å². The van der Waals surface area contributed by atoms with E-state index in [2.05, 4.69) is 39.1 Å². The number of nitrogens with zero attached hydrogens (tertiary/aromatic N) is 2. The number of anilines is 2. The van der Waals surface area contributed by atoms with Crippen molar-refractivity contribution in [1.29, 1.82) is 5.26 Å². The number of rotatable bonds is 11. The van der Waals surface area contributed by atoms with Gasteiger partial charge in [0.15, 0.2) is 0 Å². The van der Waals surface area contributed by atoms with E-state index in [-0.39, 0.29) is 11.6 Å². The summed E-state index contributed by atoms with van der Waals surface area (Å²) in [5.41, 5.74) is 4.62. The van der Waals surface area contributed by atoms with Crippen molar-refractivity contribution in [3.63, 3.8) is 0 Å². The zero-order valence-corrected chi connectivity index (χ0v) is 31.2. The van der Waals surface area contributed by atoms with Gasteiger partial charge in [0.05, 0.1) is 10.8 Å². The molecule has 3 amide bonds. The summed E-state index contributed by atoms with van der Waals surface area (Å²) in [5, 5.41) is 20.9. The second kappa shape index (κ2) is 16.8. The largest absolute Gasteiger partial charge is 0.321 e. The Balaban J connectivity index is 1.04. The molecule has 7 rings (SSSR count). The molecule has 0 saturated heterocycles. The molecule has 5 aromatic carbocycles. The molecule has 1 unspecified atom stereocenters. The Morgan fingerprint density at radius 1 is 0.889 bits per heavy atom. The van der Waals surface area contributed by atoms with Crippen molar-refractivity contribution in [2.24, 2.45) is 0 Å². The molecule has 6 aromatic rings. The van der Waals surface area contributed by atoms with E-state index in [4.69, 9.17) is 0 Å². The molecular weight excluding hydrogens is 711 g/mol. The molecule has 3 N–H and O–H groups in total. The van der Waals surface area contributed by atoms with Crippen molar-refractivity contribution in [1.82, 2.24) is 10.2 Å². The molecule has 10 heteroatoms. The second-order valence-electron chi connectivity index (χ2n) is 12.9. The van der Waals surface area contributed by atoms with Crippen LogP contribution in [0.15, 0.2) is 138 Å². The van der Waals surface area contributed by atoms with E-state index in [0.717, 1.165) is 57.7 Å². The monoisotopic (exact) mass is 747 g/mol. The van der Waals surface area contributed by atoms with Crippen LogP contribution >= 0.6 is 23.1 Å². The Morgan fingerprint density at radius 3 is 2.41 bits per heavy atom. The number of hydrogen-bond donors (Lipinski definition) is 3. The maximum atomic E-state index is 13.8. The smallest absolute Gasteiger partial charge is 0.272 e. The van der Waals surface area contributed by atoms with Gasteiger partial charge in [0.2, 0.25) is 5.91 Å². The molecule has 268 valence electrons. The lowest BCUT2D eigenvalue weighted by Crippen LogP contribution is -2.30. The molecule has 54 heavy (non-hydrogen) atoms. The van der Waals surface area contributed by atoms with Crippen LogP contribution in [0.1, 0.15) is 44.4 Å². The summed E-state index contributed by atoms with van der Waals surface area (Å²) in [6.07, 6.45) is 2.44. The first kappa shape index (κ1) is 36.4. The minimum absolute atomic E-state index is 0.0844. The van der Waals surface area contributed by atoms with Crippen molar-refractivity contribution in [2.75, 3.05) is 17.2 Å². The normalized spacial score (nSPS) is 13.4. The SMILES string of the molecule is CC(Sc1cccc(NC(=O)/C(=C\c2cccc3ccccc23)NC(=O)c2ccccc2)c1)C(=O)Nc1sc2c(c1C#N)CCN(Cc1ccccc1)C2. The average molecular weight is 748 g/mol. The number of thiophene rings is 1. The van der Waals surface area contributed by atoms with E-state index in [9.17, 15) is 19.6 Å². The van der Waals surface area contributed by atoms with Crippen LogP contribution in [0.4, 0.5) is 10.7 Å². The van der Waals surface area contributed by atoms with Crippen LogP contribution in [-0.2, 0) is 29.1 Å². The van der Waals surface area contributed by atoms with Gasteiger partial charge in [-0.25, -0.2) is 0 Å². The molecule has 0 radical (unpaired) electrons. The fourth-order valence-electron chi connectivity index (χ4n) is 6.43. The standard InChI is InChI=1S/C44H37N5O3S2/c1-29(41(50)48-44-38(26-45)37-22-23-49(28-40(37)54-44)27-30-12-4-2-5-13-30)53-35-20-11-19-34(25-35)46-43(52)39(47-42(51)32-15-6-3-7-16-32)24-33-18-10-17-31-14-8-9-21-36(31)33/h2-21,24-25,29H,22-23,27-28H2,1H3,(H,46,52)(H,47,51)(H,48,50)/b39-24+. The summed E-state index contributed by atoms with van der Waals surface area (Å²) in [6, 6.07) is 42.3. The number of amides is 3. The van der Waals surface area contributed by atoms with Crippen LogP contribution < -0.4 is 16.0 Å². The summed E-state index contributed by atoms with van der Waals surface area (Å²) in [4.78, 5) is 44.8. The van der Waals surface area contributed by atoms with Gasteiger partial charge in [-0.2, -0.15) is 5.26 Å². The molecule has 0 aliphatic carbocycles. The first-order valence-electron chi connectivity index (χ1n) is 17.6. The average Bonchev–Trinajstić information content (AvgIpc) is 3.54. The first-order valence-corrected chi connectivity index (χ1v) is 19.3. The van der Waals surface area contributed by atoms with Gasteiger partial charge >= 0.3 is 0 Å². The van der Waals surface area contributed by atoms with Crippen LogP contribution in [0.25, 0.3) is 16.8 Å². The number of nitrogens with one attached hydrogen (secondary N) is 3. The summed E-state index contributed by atoms with van der Waals surface area (Å²) in [7, 11) is 0. The van der Waals surface area contributed by atoms with Crippen molar-refractivity contribution < 1.29 is 14.4 Å². The third kappa shape index (κ3) is 8.62. The fourth-order valence-corrected chi connectivity index (χ4v) is 8.60. The van der Waals surface area contributed by atoms with Gasteiger partial charge in [0.25, 0.3) is 11.8 Å². The number of hydrogen-bond acceptors (Lipinski definition) is 7. The number of fused-ring (bicyclic) bond motifs is 2. The van der Waals surface area contributed by atoms with Crippen molar-refractivity contribution in [3.8, 4) is 6.07 Å². The van der Waals surface area contributed by atoms with Crippen molar-refractivity contribution in [2.45, 2.75) is 36.6 Å². The highest BCUT2D eigenvalue weighted by atomic mass is 32.2. The van der Waals surface area contributed by atoms with Gasteiger partial charge in [-0.05, 0) is 77.2 Å². The number of thioether (sulfide) groups is 1. The van der Waals surface area contributed by atoms with Crippen LogP contribution in [0.3, 0.4) is 0 Å². The first-order chi connectivity index (χ1) is 26.3. The second-order valence-corrected chi connectivity index (χ2v) is 15.5. The quantitative estimate of drug-likeness (QED) is 0.0902. The topological polar surface area (TPSA) is 114 Å². The Hall–Kier alpha value is -5.99. The predicted molar refractivity (Wildman–Crippen MR) is 218 cm³/mol. The number of carbonyl (C=O) groups excluding carboxylic acids is 3. The minimum Gasteiger partial charge on any atom is -0.321 e. The van der Waals surface area contributed by atoms with Crippen molar-refractivity contribution >= 4 is 68.4 Å². The third-order valence-electron chi connectivity index (χ3n) is 9.16. The van der Waals surface area contributed by atoms with E-state index < -0.39 is 17.1 Å². The number of nitriles is 1. The van der Waals surface area contributed by atoms with E-state index in [0.29, 0.717) is 21.8 Å². The van der Waals surface area contributed by atoms with Crippen LogP contribution in [-0.4, -0.2) is 34.4 Å². The molecular formula is C44H37N5O3S2. The lowest BCUT2D eigenvalue weighted by molar-refractivity contribution is -0.115. The van der Waals surface area contributed by atoms with Crippen LogP contribution in [0.2, 0.25) is 0 Å². The number of carbonyl (C=O) groups is 3. The van der Waals surface area contributed by atoms with Crippen LogP contribution in [0, 0.1) is 11.3 Å². The maximum Gasteiger partial charge on any atom is 0.272 e.